The molecule has 14 rings (SSSR count). The van der Waals surface area contributed by atoms with Gasteiger partial charge in [-0.2, -0.15) is 0 Å². The average molecular weight is 1000 g/mol. The van der Waals surface area contributed by atoms with Crippen LogP contribution in [0.2, 0.25) is 0 Å². The molecule has 0 aliphatic heterocycles. The van der Waals surface area contributed by atoms with E-state index in [-0.39, 0.29) is 10.8 Å². The van der Waals surface area contributed by atoms with Gasteiger partial charge in [-0.15, -0.1) is 17.8 Å². The second-order valence-electron chi connectivity index (χ2n) is 22.8. The van der Waals surface area contributed by atoms with E-state index < -0.39 is 0 Å². The van der Waals surface area contributed by atoms with E-state index in [2.05, 4.69) is 260 Å². The van der Waals surface area contributed by atoms with Crippen LogP contribution in [0, 0.1) is 12.3 Å². The molecule has 2 heterocycles. The number of thiophene rings is 1. The molecule has 2 aliphatic carbocycles. The van der Waals surface area contributed by atoms with Crippen molar-refractivity contribution in [3.8, 4) is 135 Å². The van der Waals surface area contributed by atoms with Gasteiger partial charge >= 0.3 is 0 Å². The third-order valence-corrected chi connectivity index (χ3v) is 17.4. The van der Waals surface area contributed by atoms with Crippen LogP contribution >= 0.6 is 11.3 Å². The molecular formula is C75H55NS. The number of benzene rings is 10. The predicted octanol–water partition coefficient (Wildman–Crippen LogP) is 21.0. The molecule has 0 bridgehead atoms. The fourth-order valence-electron chi connectivity index (χ4n) is 13.1. The Balaban J connectivity index is 1.02. The van der Waals surface area contributed by atoms with Crippen LogP contribution in [0.1, 0.15) is 58.2 Å². The highest BCUT2D eigenvalue weighted by atomic mass is 32.1. The van der Waals surface area contributed by atoms with E-state index in [4.69, 9.17) is 11.4 Å². The standard InChI is InChI=1S/C75H55NS/c1-8-46-48(32-20-33-49(46)62-42-40-60-64-35-21-43-76-72(64)63-30-16-13-25-53(63)52-24-12-15-29-58(52)69(60)71(62)75(5,6)7)61-41-39-59-55-38-37-45(47-31-19-34-65-56-27-17-18-36-67(56)77-73(47)65)44-66(55)54-26-10-9-22-50(54)51-23-11-14-28-57(51)68(59)70(61)74(2,3)4/h1,9-44H,2-7H3. The minimum Gasteiger partial charge on any atom is -0.256 e. The number of nitrogens with zero attached hydrogens (tertiary/aromatic N) is 1. The van der Waals surface area contributed by atoms with Gasteiger partial charge in [0.05, 0.1) is 5.69 Å². The number of rotatable bonds is 3. The molecule has 10 aromatic carbocycles. The van der Waals surface area contributed by atoms with E-state index in [1.807, 2.05) is 17.5 Å². The van der Waals surface area contributed by atoms with Crippen molar-refractivity contribution in [3.05, 3.63) is 235 Å². The number of hydrogen-bond donors (Lipinski definition) is 0. The van der Waals surface area contributed by atoms with Crippen LogP contribution in [0.15, 0.2) is 219 Å². The number of hydrogen-bond acceptors (Lipinski definition) is 2. The normalized spacial score (nSPS) is 12.3. The summed E-state index contributed by atoms with van der Waals surface area (Å²) in [5, 5.41) is 2.61. The molecule has 2 aliphatic rings. The summed E-state index contributed by atoms with van der Waals surface area (Å²) < 4.78 is 2.63. The van der Waals surface area contributed by atoms with E-state index in [9.17, 15) is 0 Å². The molecule has 0 saturated heterocycles. The van der Waals surface area contributed by atoms with Gasteiger partial charge in [0.25, 0.3) is 0 Å². The Morgan fingerprint density at radius 2 is 0.766 bits per heavy atom. The van der Waals surface area contributed by atoms with Crippen LogP contribution in [0.4, 0.5) is 0 Å². The molecule has 0 radical (unpaired) electrons. The van der Waals surface area contributed by atoms with Crippen molar-refractivity contribution in [2.75, 3.05) is 0 Å². The molecule has 0 amide bonds. The molecule has 0 spiro atoms. The van der Waals surface area contributed by atoms with Crippen LogP contribution in [0.25, 0.3) is 143 Å². The highest BCUT2D eigenvalue weighted by molar-refractivity contribution is 7.26. The van der Waals surface area contributed by atoms with Gasteiger partial charge in [-0.25, -0.2) is 0 Å². The van der Waals surface area contributed by atoms with Gasteiger partial charge in [-0.1, -0.05) is 242 Å². The molecule has 1 nitrogen and oxygen atoms in total. The minimum absolute atomic E-state index is 0.298. The van der Waals surface area contributed by atoms with Crippen LogP contribution in [-0.4, -0.2) is 4.98 Å². The quantitative estimate of drug-likeness (QED) is 0.161. The number of pyridine rings is 1. The lowest BCUT2D eigenvalue weighted by Gasteiger charge is -2.33. The summed E-state index contributed by atoms with van der Waals surface area (Å²) in [6, 6.07) is 78.9. The van der Waals surface area contributed by atoms with E-state index >= 15 is 0 Å². The maximum Gasteiger partial charge on any atom is 0.0786 e. The first-order chi connectivity index (χ1) is 37.5. The summed E-state index contributed by atoms with van der Waals surface area (Å²) >= 11 is 1.89. The summed E-state index contributed by atoms with van der Waals surface area (Å²) in [7, 11) is 0. The molecule has 366 valence electrons. The van der Waals surface area contributed by atoms with E-state index in [1.165, 1.54) is 115 Å². The Bertz CT molecular complexity index is 4470. The lowest BCUT2D eigenvalue weighted by molar-refractivity contribution is 0.594. The van der Waals surface area contributed by atoms with Crippen molar-refractivity contribution < 1.29 is 0 Å². The number of terminal acetylenes is 1. The topological polar surface area (TPSA) is 12.9 Å². The van der Waals surface area contributed by atoms with Crippen LogP contribution in [0.3, 0.4) is 0 Å². The molecule has 12 aromatic rings. The summed E-state index contributed by atoms with van der Waals surface area (Å²) in [6.07, 6.45) is 8.88. The molecular weight excluding hydrogens is 947 g/mol. The molecule has 0 N–H and O–H groups in total. The van der Waals surface area contributed by atoms with Crippen molar-refractivity contribution in [1.82, 2.24) is 4.98 Å². The van der Waals surface area contributed by atoms with E-state index in [1.54, 1.807) is 0 Å². The minimum atomic E-state index is -0.314. The number of fused-ring (bicyclic) bond motifs is 19. The third-order valence-electron chi connectivity index (χ3n) is 16.2. The maximum absolute atomic E-state index is 6.96. The van der Waals surface area contributed by atoms with Gasteiger partial charge in [-0.05, 0) is 146 Å². The predicted molar refractivity (Wildman–Crippen MR) is 329 cm³/mol. The average Bonchev–Trinajstić information content (AvgIpc) is 3.88. The van der Waals surface area contributed by atoms with E-state index in [0.717, 1.165) is 44.6 Å². The molecule has 0 atom stereocenters. The first-order valence-electron chi connectivity index (χ1n) is 26.8. The molecule has 0 unspecified atom stereocenters. The Morgan fingerprint density at radius 1 is 0.351 bits per heavy atom. The van der Waals surface area contributed by atoms with E-state index in [0.29, 0.717) is 0 Å². The van der Waals surface area contributed by atoms with Gasteiger partial charge in [0, 0.05) is 43.1 Å². The molecule has 2 aromatic heterocycles. The van der Waals surface area contributed by atoms with Gasteiger partial charge in [-0.3, -0.25) is 4.98 Å². The van der Waals surface area contributed by atoms with Crippen molar-refractivity contribution in [2.24, 2.45) is 0 Å². The Labute approximate surface area is 456 Å². The van der Waals surface area contributed by atoms with Crippen molar-refractivity contribution >= 4 is 31.5 Å². The van der Waals surface area contributed by atoms with Gasteiger partial charge < -0.3 is 0 Å². The number of aromatic nitrogens is 1. The highest BCUT2D eigenvalue weighted by Crippen LogP contribution is 2.56. The van der Waals surface area contributed by atoms with Crippen molar-refractivity contribution in [2.45, 2.75) is 52.4 Å². The molecule has 77 heavy (non-hydrogen) atoms. The van der Waals surface area contributed by atoms with Crippen molar-refractivity contribution in [1.29, 1.82) is 0 Å². The Morgan fingerprint density at radius 3 is 1.36 bits per heavy atom. The zero-order valence-corrected chi connectivity index (χ0v) is 45.0. The molecule has 0 saturated carbocycles. The first-order valence-corrected chi connectivity index (χ1v) is 27.6. The highest BCUT2D eigenvalue weighted by Gasteiger charge is 2.34. The monoisotopic (exact) mass is 1000 g/mol. The lowest BCUT2D eigenvalue weighted by atomic mass is 9.70. The summed E-state index contributed by atoms with van der Waals surface area (Å²) in [4.78, 5) is 5.09. The summed E-state index contributed by atoms with van der Waals surface area (Å²) in [5.74, 6) is 3.35. The van der Waals surface area contributed by atoms with Gasteiger partial charge in [0.2, 0.25) is 0 Å². The largest absolute Gasteiger partial charge is 0.256 e. The zero-order chi connectivity index (χ0) is 52.3. The van der Waals surface area contributed by atoms with Crippen molar-refractivity contribution in [3.63, 3.8) is 0 Å². The molecule has 0 fully saturated rings. The van der Waals surface area contributed by atoms with Gasteiger partial charge in [0.1, 0.15) is 0 Å². The second kappa shape index (κ2) is 17.6. The van der Waals surface area contributed by atoms with Crippen LogP contribution in [-0.2, 0) is 10.8 Å². The Hall–Kier alpha value is -8.87. The zero-order valence-electron chi connectivity index (χ0n) is 44.2. The smallest absolute Gasteiger partial charge is 0.0786 e. The fraction of sp³-hybridized carbons (Fsp3) is 0.107. The summed E-state index contributed by atoms with van der Waals surface area (Å²) in [5.41, 5.74) is 28.7. The third kappa shape index (κ3) is 7.25. The van der Waals surface area contributed by atoms with Crippen LogP contribution < -0.4 is 0 Å². The maximum atomic E-state index is 6.96. The second-order valence-corrected chi connectivity index (χ2v) is 23.9. The SMILES string of the molecule is C#Cc1c(-c2ccc3c(c2C(C)(C)C)-c2ccccc2-c2ccccc2-c2cc(-c4cccc5c4sc4ccccc45)ccc2-3)cccc1-c1ccc2c(c1C(C)(C)C)-c1ccccc1-c1ccccc1-c1ncccc1-2. The lowest BCUT2D eigenvalue weighted by Crippen LogP contribution is -2.17. The summed E-state index contributed by atoms with van der Waals surface area (Å²) in [6.45, 7) is 14.1. The van der Waals surface area contributed by atoms with Crippen LogP contribution in [0.5, 0.6) is 0 Å². The molecule has 2 heteroatoms. The van der Waals surface area contributed by atoms with Gasteiger partial charge in [0.15, 0.2) is 0 Å². The fourth-order valence-corrected chi connectivity index (χ4v) is 14.3. The first kappa shape index (κ1) is 46.6. The Kier molecular flexibility index (Phi) is 10.7.